The van der Waals surface area contributed by atoms with Crippen LogP contribution in [0.1, 0.15) is 17.5 Å². The van der Waals surface area contributed by atoms with Gasteiger partial charge in [0, 0.05) is 23.4 Å². The summed E-state index contributed by atoms with van der Waals surface area (Å²) in [5, 5.41) is 9.04. The Hall–Kier alpha value is -2.34. The number of carboxylic acid groups (broad SMARTS) is 1. The van der Waals surface area contributed by atoms with E-state index in [9.17, 15) is 14.4 Å². The van der Waals surface area contributed by atoms with Crippen molar-refractivity contribution >= 4 is 29.5 Å². The molecule has 1 aliphatic rings. The molecule has 0 saturated heterocycles. The van der Waals surface area contributed by atoms with E-state index < -0.39 is 24.5 Å². The van der Waals surface area contributed by atoms with E-state index in [2.05, 4.69) is 11.3 Å². The Morgan fingerprint density at radius 1 is 1.26 bits per heavy atom. The Morgan fingerprint density at radius 3 is 2.65 bits per heavy atom. The van der Waals surface area contributed by atoms with E-state index in [4.69, 9.17) is 21.4 Å². The van der Waals surface area contributed by atoms with Crippen molar-refractivity contribution in [1.82, 2.24) is 0 Å². The molecule has 0 amide bonds. The maximum Gasteiger partial charge on any atom is 0.341 e. The van der Waals surface area contributed by atoms with E-state index >= 15 is 0 Å². The topological polar surface area (TPSA) is 89.9 Å². The van der Waals surface area contributed by atoms with E-state index in [-0.39, 0.29) is 18.1 Å². The lowest BCUT2D eigenvalue weighted by Crippen LogP contribution is -2.21. The third-order valence-electron chi connectivity index (χ3n) is 3.33. The van der Waals surface area contributed by atoms with E-state index in [1.807, 2.05) is 12.1 Å². The maximum atomic E-state index is 11.8. The van der Waals surface area contributed by atoms with Crippen molar-refractivity contribution in [3.63, 3.8) is 0 Å². The predicted molar refractivity (Wildman–Crippen MR) is 81.1 cm³/mol. The molecule has 2 rings (SSSR count). The SMILES string of the molecule is C=C(CC(=O)OC1Cc2ccc(Cl)cc2C1)C(=O)OCC(=O)O. The number of hydrogen-bond donors (Lipinski definition) is 1. The zero-order valence-electron chi connectivity index (χ0n) is 12.2. The molecule has 0 saturated carbocycles. The monoisotopic (exact) mass is 338 g/mol. The van der Waals surface area contributed by atoms with Crippen LogP contribution in [0.15, 0.2) is 30.4 Å². The van der Waals surface area contributed by atoms with Crippen molar-refractivity contribution in [1.29, 1.82) is 0 Å². The molecule has 0 aromatic heterocycles. The summed E-state index contributed by atoms with van der Waals surface area (Å²) in [6.07, 6.45) is 0.511. The molecule has 0 bridgehead atoms. The van der Waals surface area contributed by atoms with Gasteiger partial charge in [-0.05, 0) is 23.3 Å². The first-order chi connectivity index (χ1) is 10.8. The molecule has 1 aliphatic carbocycles. The highest BCUT2D eigenvalue weighted by atomic mass is 35.5. The lowest BCUT2D eigenvalue weighted by atomic mass is 10.1. The summed E-state index contributed by atoms with van der Waals surface area (Å²) in [6.45, 7) is 2.64. The Morgan fingerprint density at radius 2 is 1.96 bits per heavy atom. The fourth-order valence-electron chi connectivity index (χ4n) is 2.33. The van der Waals surface area contributed by atoms with Crippen LogP contribution in [0.25, 0.3) is 0 Å². The molecule has 1 N–H and O–H groups in total. The average molecular weight is 339 g/mol. The molecule has 7 heteroatoms. The van der Waals surface area contributed by atoms with Crippen molar-refractivity contribution in [3.8, 4) is 0 Å². The summed E-state index contributed by atoms with van der Waals surface area (Å²) in [5.74, 6) is -2.81. The second kappa shape index (κ2) is 7.28. The summed E-state index contributed by atoms with van der Waals surface area (Å²) in [4.78, 5) is 33.6. The Bertz CT molecular complexity index is 667. The first kappa shape index (κ1) is 17.0. The largest absolute Gasteiger partial charge is 0.479 e. The van der Waals surface area contributed by atoms with Crippen molar-refractivity contribution < 1.29 is 29.0 Å². The number of aliphatic carboxylic acids is 1. The third kappa shape index (κ3) is 4.82. The van der Waals surface area contributed by atoms with E-state index in [0.717, 1.165) is 11.1 Å². The van der Waals surface area contributed by atoms with E-state index in [0.29, 0.717) is 17.9 Å². The average Bonchev–Trinajstić information content (AvgIpc) is 2.85. The van der Waals surface area contributed by atoms with Crippen LogP contribution >= 0.6 is 11.6 Å². The normalized spacial score (nSPS) is 15.6. The van der Waals surface area contributed by atoms with Gasteiger partial charge in [-0.2, -0.15) is 0 Å². The maximum absolute atomic E-state index is 11.8. The van der Waals surface area contributed by atoms with Gasteiger partial charge in [0.25, 0.3) is 0 Å². The zero-order chi connectivity index (χ0) is 17.0. The van der Waals surface area contributed by atoms with Gasteiger partial charge < -0.3 is 14.6 Å². The molecule has 1 unspecified atom stereocenters. The van der Waals surface area contributed by atoms with Crippen molar-refractivity contribution in [2.75, 3.05) is 6.61 Å². The lowest BCUT2D eigenvalue weighted by molar-refractivity contribution is -0.154. The number of carbonyl (C=O) groups excluding carboxylic acids is 2. The number of halogens is 1. The summed E-state index contributed by atoms with van der Waals surface area (Å²) in [7, 11) is 0. The zero-order valence-corrected chi connectivity index (χ0v) is 13.0. The molecule has 0 radical (unpaired) electrons. The quantitative estimate of drug-likeness (QED) is 0.629. The highest BCUT2D eigenvalue weighted by Gasteiger charge is 2.25. The van der Waals surface area contributed by atoms with Crippen LogP contribution in [0.3, 0.4) is 0 Å². The molecule has 122 valence electrons. The molecule has 6 nitrogen and oxygen atoms in total. The number of hydrogen-bond acceptors (Lipinski definition) is 5. The Kier molecular flexibility index (Phi) is 5.39. The minimum Gasteiger partial charge on any atom is -0.479 e. The summed E-state index contributed by atoms with van der Waals surface area (Å²) < 4.78 is 9.75. The van der Waals surface area contributed by atoms with Gasteiger partial charge >= 0.3 is 17.9 Å². The summed E-state index contributed by atoms with van der Waals surface area (Å²) in [6, 6.07) is 5.52. The van der Waals surface area contributed by atoms with Crippen molar-refractivity contribution in [2.24, 2.45) is 0 Å². The fraction of sp³-hybridized carbons (Fsp3) is 0.312. The number of carboxylic acids is 1. The standard InChI is InChI=1S/C16H15ClO6/c1-9(16(21)22-8-14(18)19)4-15(20)23-13-6-10-2-3-12(17)5-11(10)7-13/h2-3,5,13H,1,4,6-8H2,(H,18,19). The van der Waals surface area contributed by atoms with Crippen LogP contribution < -0.4 is 0 Å². The molecular weight excluding hydrogens is 324 g/mol. The molecule has 0 fully saturated rings. The van der Waals surface area contributed by atoms with Crippen LogP contribution in [0.4, 0.5) is 0 Å². The number of rotatable bonds is 6. The molecule has 23 heavy (non-hydrogen) atoms. The van der Waals surface area contributed by atoms with E-state index in [1.54, 1.807) is 6.07 Å². The number of carbonyl (C=O) groups is 3. The molecular formula is C16H15ClO6. The van der Waals surface area contributed by atoms with Gasteiger partial charge in [0.15, 0.2) is 6.61 Å². The summed E-state index contributed by atoms with van der Waals surface area (Å²) in [5.41, 5.74) is 1.97. The van der Waals surface area contributed by atoms with Crippen LogP contribution in [0.5, 0.6) is 0 Å². The Balaban J connectivity index is 1.81. The van der Waals surface area contributed by atoms with Gasteiger partial charge in [-0.15, -0.1) is 0 Å². The second-order valence-electron chi connectivity index (χ2n) is 5.18. The first-order valence-electron chi connectivity index (χ1n) is 6.88. The van der Waals surface area contributed by atoms with Gasteiger partial charge in [-0.25, -0.2) is 9.59 Å². The van der Waals surface area contributed by atoms with Gasteiger partial charge in [-0.3, -0.25) is 4.79 Å². The molecule has 0 heterocycles. The highest BCUT2D eigenvalue weighted by molar-refractivity contribution is 6.30. The molecule has 0 aliphatic heterocycles. The smallest absolute Gasteiger partial charge is 0.341 e. The van der Waals surface area contributed by atoms with Gasteiger partial charge in [0.05, 0.1) is 6.42 Å². The lowest BCUT2D eigenvalue weighted by Gasteiger charge is -2.12. The van der Waals surface area contributed by atoms with Crippen molar-refractivity contribution in [3.05, 3.63) is 46.5 Å². The fourth-order valence-corrected chi connectivity index (χ4v) is 2.53. The predicted octanol–water partition coefficient (Wildman–Crippen LogP) is 1.92. The molecule has 1 atom stereocenters. The van der Waals surface area contributed by atoms with Crippen LogP contribution in [-0.2, 0) is 36.7 Å². The van der Waals surface area contributed by atoms with Gasteiger partial charge in [0.1, 0.15) is 6.10 Å². The first-order valence-corrected chi connectivity index (χ1v) is 7.26. The Labute approximate surface area is 137 Å². The van der Waals surface area contributed by atoms with Gasteiger partial charge in [0.2, 0.25) is 0 Å². The van der Waals surface area contributed by atoms with E-state index in [1.165, 1.54) is 0 Å². The highest BCUT2D eigenvalue weighted by Crippen LogP contribution is 2.27. The minimum atomic E-state index is -1.28. The van der Waals surface area contributed by atoms with Crippen LogP contribution in [-0.4, -0.2) is 35.7 Å². The number of esters is 2. The van der Waals surface area contributed by atoms with Crippen LogP contribution in [0.2, 0.25) is 5.02 Å². The minimum absolute atomic E-state index is 0.144. The second-order valence-corrected chi connectivity index (χ2v) is 5.62. The van der Waals surface area contributed by atoms with Gasteiger partial charge in [-0.1, -0.05) is 24.2 Å². The number of benzene rings is 1. The molecule has 1 aromatic carbocycles. The third-order valence-corrected chi connectivity index (χ3v) is 3.57. The molecule has 1 aromatic rings. The number of ether oxygens (including phenoxy) is 2. The molecule has 0 spiro atoms. The van der Waals surface area contributed by atoms with Crippen LogP contribution in [0, 0.1) is 0 Å². The number of fused-ring (bicyclic) bond motifs is 1. The summed E-state index contributed by atoms with van der Waals surface area (Å²) >= 11 is 5.92. The van der Waals surface area contributed by atoms with Crippen molar-refractivity contribution in [2.45, 2.75) is 25.4 Å².